The Kier molecular flexibility index (Phi) is 6.85. The number of hydrogen-bond donors (Lipinski definition) is 0. The molecule has 2 aliphatic heterocycles. The van der Waals surface area contributed by atoms with Gasteiger partial charge in [0.15, 0.2) is 0 Å². The maximum absolute atomic E-state index is 2.82. The molecule has 1 atom stereocenters. The van der Waals surface area contributed by atoms with E-state index in [1.165, 1.54) is 84.1 Å². The van der Waals surface area contributed by atoms with Crippen LogP contribution in [0.3, 0.4) is 0 Å². The molecule has 0 bridgehead atoms. The van der Waals surface area contributed by atoms with Crippen molar-refractivity contribution in [3.63, 3.8) is 0 Å². The van der Waals surface area contributed by atoms with Crippen LogP contribution in [0, 0.1) is 0 Å². The molecule has 0 aromatic heterocycles. The molecule has 0 aliphatic carbocycles. The minimum atomic E-state index is -0.654. The van der Waals surface area contributed by atoms with Crippen LogP contribution < -0.4 is 20.8 Å². The van der Waals surface area contributed by atoms with Gasteiger partial charge < -0.3 is 9.80 Å². The van der Waals surface area contributed by atoms with Gasteiger partial charge in [-0.3, -0.25) is 0 Å². The monoisotopic (exact) mass is 478 g/mol. The number of rotatable bonds is 6. The van der Waals surface area contributed by atoms with Gasteiger partial charge in [-0.05, 0) is 69.1 Å². The summed E-state index contributed by atoms with van der Waals surface area (Å²) in [7, 11) is -0.654. The average molecular weight is 479 g/mol. The zero-order valence-corrected chi connectivity index (χ0v) is 21.4. The molecule has 2 fully saturated rings. The third-order valence-electron chi connectivity index (χ3n) is 7.73. The summed E-state index contributed by atoms with van der Waals surface area (Å²) in [4.78, 5) is 5.53. The van der Waals surface area contributed by atoms with Crippen molar-refractivity contribution in [3.05, 3.63) is 97.1 Å². The van der Waals surface area contributed by atoms with E-state index in [0.29, 0.717) is 6.04 Å². The van der Waals surface area contributed by atoms with Crippen LogP contribution in [0.25, 0.3) is 10.8 Å². The van der Waals surface area contributed by atoms with Crippen molar-refractivity contribution >= 4 is 40.3 Å². The molecule has 35 heavy (non-hydrogen) atoms. The van der Waals surface area contributed by atoms with Crippen LogP contribution in [0.5, 0.6) is 0 Å². The summed E-state index contributed by atoms with van der Waals surface area (Å²) < 4.78 is 0. The SMILES string of the molecule is c1ccc(P(c2ccccc2)c2ccc3ccccc3c2N2CCCC[C@H]2CN2CCCC2)cc1. The predicted octanol–water partition coefficient (Wildman–Crippen LogP) is 6.05. The number of fused-ring (bicyclic) bond motifs is 1. The van der Waals surface area contributed by atoms with Gasteiger partial charge in [-0.25, -0.2) is 0 Å². The second-order valence-electron chi connectivity index (χ2n) is 10.0. The second kappa shape index (κ2) is 10.5. The Labute approximate surface area is 211 Å². The molecule has 0 saturated carbocycles. The molecule has 4 aromatic rings. The van der Waals surface area contributed by atoms with E-state index >= 15 is 0 Å². The molecule has 2 nitrogen and oxygen atoms in total. The molecule has 0 unspecified atom stereocenters. The van der Waals surface area contributed by atoms with Gasteiger partial charge in [0.1, 0.15) is 0 Å². The molecular weight excluding hydrogens is 443 g/mol. The Morgan fingerprint density at radius 3 is 1.97 bits per heavy atom. The lowest BCUT2D eigenvalue weighted by atomic mass is 9.98. The van der Waals surface area contributed by atoms with Crippen molar-refractivity contribution < 1.29 is 0 Å². The van der Waals surface area contributed by atoms with E-state index < -0.39 is 7.92 Å². The lowest BCUT2D eigenvalue weighted by molar-refractivity contribution is 0.285. The van der Waals surface area contributed by atoms with Crippen molar-refractivity contribution in [1.29, 1.82) is 0 Å². The number of anilines is 1. The van der Waals surface area contributed by atoms with Crippen molar-refractivity contribution in [3.8, 4) is 0 Å². The highest BCUT2D eigenvalue weighted by Crippen LogP contribution is 2.41. The van der Waals surface area contributed by atoms with Crippen LogP contribution in [0.2, 0.25) is 0 Å². The summed E-state index contributed by atoms with van der Waals surface area (Å²) in [5, 5.41) is 7.13. The van der Waals surface area contributed by atoms with Crippen molar-refractivity contribution in [2.45, 2.75) is 38.1 Å². The number of hydrogen-bond acceptors (Lipinski definition) is 2. The van der Waals surface area contributed by atoms with E-state index in [4.69, 9.17) is 0 Å². The molecule has 6 rings (SSSR count). The topological polar surface area (TPSA) is 6.48 Å². The molecular formula is C32H35N2P. The van der Waals surface area contributed by atoms with Gasteiger partial charge in [0.2, 0.25) is 0 Å². The third kappa shape index (κ3) is 4.75. The van der Waals surface area contributed by atoms with Gasteiger partial charge >= 0.3 is 0 Å². The lowest BCUT2D eigenvalue weighted by Crippen LogP contribution is -2.48. The third-order valence-corrected chi connectivity index (χ3v) is 10.2. The van der Waals surface area contributed by atoms with Gasteiger partial charge in [0, 0.05) is 29.8 Å². The Bertz CT molecular complexity index is 1210. The molecule has 2 heterocycles. The van der Waals surface area contributed by atoms with Gasteiger partial charge in [-0.2, -0.15) is 0 Å². The molecule has 0 spiro atoms. The quantitative estimate of drug-likeness (QED) is 0.311. The standard InChI is InChI=1S/C32H35N2P/c1-3-15-28(16-4-1)35(29-17-5-2-6-18-29)31-21-20-26-13-7-8-19-30(26)32(31)34-24-10-9-14-27(34)25-33-22-11-12-23-33/h1-8,13,15-21,27H,9-12,14,22-25H2/t27-/m0/s1. The largest absolute Gasteiger partial charge is 0.366 e. The van der Waals surface area contributed by atoms with E-state index in [2.05, 4.69) is 107 Å². The molecule has 2 saturated heterocycles. The van der Waals surface area contributed by atoms with Crippen LogP contribution in [-0.4, -0.2) is 37.1 Å². The Morgan fingerprint density at radius 2 is 1.26 bits per heavy atom. The van der Waals surface area contributed by atoms with Crippen LogP contribution in [0.1, 0.15) is 32.1 Å². The first kappa shape index (κ1) is 22.8. The fraction of sp³-hybridized carbons (Fsp3) is 0.312. The summed E-state index contributed by atoms with van der Waals surface area (Å²) in [6, 6.07) is 36.8. The summed E-state index contributed by atoms with van der Waals surface area (Å²) in [5.74, 6) is 0. The van der Waals surface area contributed by atoms with E-state index in [9.17, 15) is 0 Å². The smallest absolute Gasteiger partial charge is 0.0533 e. The number of benzene rings is 4. The van der Waals surface area contributed by atoms with E-state index in [1.807, 2.05) is 0 Å². The Balaban J connectivity index is 1.53. The van der Waals surface area contributed by atoms with E-state index in [0.717, 1.165) is 6.54 Å². The first-order valence-electron chi connectivity index (χ1n) is 13.3. The average Bonchev–Trinajstić information content (AvgIpc) is 3.44. The zero-order chi connectivity index (χ0) is 23.5. The fourth-order valence-corrected chi connectivity index (χ4v) is 8.53. The number of likely N-dealkylation sites (tertiary alicyclic amines) is 1. The highest BCUT2D eigenvalue weighted by atomic mass is 31.1. The molecule has 0 amide bonds. The van der Waals surface area contributed by atoms with Crippen molar-refractivity contribution in [2.24, 2.45) is 0 Å². The van der Waals surface area contributed by atoms with Gasteiger partial charge in [-0.15, -0.1) is 0 Å². The summed E-state index contributed by atoms with van der Waals surface area (Å²) >= 11 is 0. The summed E-state index contributed by atoms with van der Waals surface area (Å²) in [5.41, 5.74) is 1.49. The minimum Gasteiger partial charge on any atom is -0.366 e. The molecule has 178 valence electrons. The van der Waals surface area contributed by atoms with Crippen LogP contribution in [0.4, 0.5) is 5.69 Å². The zero-order valence-electron chi connectivity index (χ0n) is 20.5. The Morgan fingerprint density at radius 1 is 0.629 bits per heavy atom. The second-order valence-corrected chi connectivity index (χ2v) is 12.2. The lowest BCUT2D eigenvalue weighted by Gasteiger charge is -2.42. The van der Waals surface area contributed by atoms with Crippen molar-refractivity contribution in [2.75, 3.05) is 31.1 Å². The molecule has 0 N–H and O–H groups in total. The van der Waals surface area contributed by atoms with Gasteiger partial charge in [0.25, 0.3) is 0 Å². The maximum Gasteiger partial charge on any atom is 0.0533 e. The van der Waals surface area contributed by atoms with Crippen LogP contribution >= 0.6 is 7.92 Å². The van der Waals surface area contributed by atoms with Crippen LogP contribution in [0.15, 0.2) is 97.1 Å². The van der Waals surface area contributed by atoms with Crippen molar-refractivity contribution in [1.82, 2.24) is 4.90 Å². The van der Waals surface area contributed by atoms with Gasteiger partial charge in [0.05, 0.1) is 5.69 Å². The molecule has 4 aromatic carbocycles. The fourth-order valence-electron chi connectivity index (χ4n) is 6.06. The van der Waals surface area contributed by atoms with E-state index in [1.54, 1.807) is 0 Å². The van der Waals surface area contributed by atoms with E-state index in [-0.39, 0.29) is 0 Å². The highest BCUT2D eigenvalue weighted by molar-refractivity contribution is 7.80. The first-order valence-corrected chi connectivity index (χ1v) is 14.6. The first-order chi connectivity index (χ1) is 17.4. The maximum atomic E-state index is 2.82. The summed E-state index contributed by atoms with van der Waals surface area (Å²) in [6.07, 6.45) is 6.65. The Hall–Kier alpha value is -2.67. The summed E-state index contributed by atoms with van der Waals surface area (Å²) in [6.45, 7) is 4.91. The molecule has 0 radical (unpaired) electrons. The molecule has 3 heteroatoms. The molecule has 2 aliphatic rings. The van der Waals surface area contributed by atoms with Crippen LogP contribution in [-0.2, 0) is 0 Å². The van der Waals surface area contributed by atoms with Gasteiger partial charge in [-0.1, -0.05) is 97.1 Å². The predicted molar refractivity (Wildman–Crippen MR) is 153 cm³/mol. The highest BCUT2D eigenvalue weighted by Gasteiger charge is 2.31. The number of piperidine rings is 1. The normalized spacial score (nSPS) is 19.0. The number of nitrogens with zero attached hydrogens (tertiary/aromatic N) is 2. The minimum absolute atomic E-state index is 0.592.